The average Bonchev–Trinajstić information content (AvgIpc) is 2.39. The van der Waals surface area contributed by atoms with Gasteiger partial charge in [0.05, 0.1) is 17.2 Å². The minimum Gasteiger partial charge on any atom is -0.388 e. The smallest absolute Gasteiger partial charge is 0.129 e. The zero-order valence-electron chi connectivity index (χ0n) is 10.5. The molecule has 0 aliphatic carbocycles. The molecule has 1 aliphatic heterocycles. The van der Waals surface area contributed by atoms with Gasteiger partial charge < -0.3 is 14.7 Å². The van der Waals surface area contributed by atoms with E-state index in [9.17, 15) is 5.11 Å². The SMILES string of the molecule is CN(CC1(O)CCOCC1)c1cc(C#N)ccn1. The fraction of sp³-hybridized carbons (Fsp3) is 0.538. The molecule has 96 valence electrons. The van der Waals surface area contributed by atoms with Gasteiger partial charge in [0, 0.05) is 45.8 Å². The number of nitrogens with zero attached hydrogens (tertiary/aromatic N) is 3. The number of anilines is 1. The predicted octanol–water partition coefficient (Wildman–Crippen LogP) is 0.931. The standard InChI is InChI=1S/C13H17N3O2/c1-16(10-13(17)3-6-18-7-4-13)12-8-11(9-14)2-5-15-12/h2,5,8,17H,3-4,6-7,10H2,1H3. The van der Waals surface area contributed by atoms with Gasteiger partial charge in [-0.3, -0.25) is 0 Å². The minimum absolute atomic E-state index is 0.498. The van der Waals surface area contributed by atoms with Crippen molar-refractivity contribution in [2.75, 3.05) is 31.7 Å². The number of pyridine rings is 1. The average molecular weight is 247 g/mol. The topological polar surface area (TPSA) is 69.4 Å². The van der Waals surface area contributed by atoms with Crippen LogP contribution in [0.15, 0.2) is 18.3 Å². The van der Waals surface area contributed by atoms with E-state index in [1.165, 1.54) is 0 Å². The highest BCUT2D eigenvalue weighted by atomic mass is 16.5. The molecule has 0 aromatic carbocycles. The van der Waals surface area contributed by atoms with Crippen LogP contribution in [-0.2, 0) is 4.74 Å². The van der Waals surface area contributed by atoms with Gasteiger partial charge >= 0.3 is 0 Å². The van der Waals surface area contributed by atoms with Gasteiger partial charge in [-0.05, 0) is 12.1 Å². The molecule has 1 fully saturated rings. The van der Waals surface area contributed by atoms with E-state index < -0.39 is 5.60 Å². The first-order valence-electron chi connectivity index (χ1n) is 6.00. The van der Waals surface area contributed by atoms with Gasteiger partial charge in [-0.2, -0.15) is 5.26 Å². The first-order chi connectivity index (χ1) is 8.63. The van der Waals surface area contributed by atoms with E-state index in [4.69, 9.17) is 10.00 Å². The second-order valence-electron chi connectivity index (χ2n) is 4.71. The van der Waals surface area contributed by atoms with Crippen molar-refractivity contribution in [1.29, 1.82) is 5.26 Å². The zero-order chi connectivity index (χ0) is 13.0. The van der Waals surface area contributed by atoms with Crippen molar-refractivity contribution in [1.82, 2.24) is 4.98 Å². The third-order valence-corrected chi connectivity index (χ3v) is 3.22. The van der Waals surface area contributed by atoms with E-state index in [1.807, 2.05) is 11.9 Å². The Bertz CT molecular complexity index is 450. The fourth-order valence-electron chi connectivity index (χ4n) is 2.13. The molecule has 2 heterocycles. The molecular weight excluding hydrogens is 230 g/mol. The molecule has 1 aliphatic rings. The summed E-state index contributed by atoms with van der Waals surface area (Å²) in [6, 6.07) is 5.48. The van der Waals surface area contributed by atoms with Gasteiger partial charge in [-0.15, -0.1) is 0 Å². The summed E-state index contributed by atoms with van der Waals surface area (Å²) in [5.41, 5.74) is -0.150. The number of ether oxygens (including phenoxy) is 1. The van der Waals surface area contributed by atoms with Gasteiger partial charge in [0.15, 0.2) is 0 Å². The quantitative estimate of drug-likeness (QED) is 0.860. The summed E-state index contributed by atoms with van der Waals surface area (Å²) < 4.78 is 5.25. The molecule has 0 radical (unpaired) electrons. The maximum absolute atomic E-state index is 10.4. The van der Waals surface area contributed by atoms with Gasteiger partial charge in [0.1, 0.15) is 5.82 Å². The number of aliphatic hydroxyl groups is 1. The molecule has 0 saturated carbocycles. The molecule has 1 saturated heterocycles. The third kappa shape index (κ3) is 2.97. The van der Waals surface area contributed by atoms with Crippen LogP contribution >= 0.6 is 0 Å². The second kappa shape index (κ2) is 5.34. The van der Waals surface area contributed by atoms with E-state index in [0.717, 1.165) is 0 Å². The molecule has 0 atom stereocenters. The lowest BCUT2D eigenvalue weighted by Gasteiger charge is -2.35. The van der Waals surface area contributed by atoms with Crippen LogP contribution in [0.25, 0.3) is 0 Å². The Kier molecular flexibility index (Phi) is 3.80. The molecule has 1 aromatic heterocycles. The molecule has 5 heteroatoms. The number of nitriles is 1. The highest BCUT2D eigenvalue weighted by Crippen LogP contribution is 2.23. The molecule has 1 N–H and O–H groups in total. The Balaban J connectivity index is 2.06. The van der Waals surface area contributed by atoms with E-state index in [2.05, 4.69) is 11.1 Å². The van der Waals surface area contributed by atoms with Crippen LogP contribution in [0.1, 0.15) is 18.4 Å². The van der Waals surface area contributed by atoms with E-state index in [1.54, 1.807) is 18.3 Å². The van der Waals surface area contributed by atoms with E-state index >= 15 is 0 Å². The number of hydrogen-bond acceptors (Lipinski definition) is 5. The molecule has 5 nitrogen and oxygen atoms in total. The summed E-state index contributed by atoms with van der Waals surface area (Å²) in [6.07, 6.45) is 2.88. The van der Waals surface area contributed by atoms with Crippen molar-refractivity contribution in [3.8, 4) is 6.07 Å². The molecule has 0 spiro atoms. The molecule has 2 rings (SSSR count). The predicted molar refractivity (Wildman–Crippen MR) is 67.2 cm³/mol. The van der Waals surface area contributed by atoms with Crippen molar-refractivity contribution in [2.24, 2.45) is 0 Å². The van der Waals surface area contributed by atoms with Gasteiger partial charge in [0.25, 0.3) is 0 Å². The summed E-state index contributed by atoms with van der Waals surface area (Å²) >= 11 is 0. The van der Waals surface area contributed by atoms with Crippen molar-refractivity contribution >= 4 is 5.82 Å². The molecule has 0 unspecified atom stereocenters. The third-order valence-electron chi connectivity index (χ3n) is 3.22. The molecular formula is C13H17N3O2. The summed E-state index contributed by atoms with van der Waals surface area (Å²) in [4.78, 5) is 6.10. The Morgan fingerprint density at radius 2 is 2.28 bits per heavy atom. The summed E-state index contributed by atoms with van der Waals surface area (Å²) in [6.45, 7) is 1.68. The minimum atomic E-state index is -0.725. The summed E-state index contributed by atoms with van der Waals surface area (Å²) in [7, 11) is 1.87. The van der Waals surface area contributed by atoms with E-state index in [-0.39, 0.29) is 0 Å². The van der Waals surface area contributed by atoms with Crippen LogP contribution in [0.3, 0.4) is 0 Å². The lowest BCUT2D eigenvalue weighted by molar-refractivity contribution is -0.0573. The van der Waals surface area contributed by atoms with Crippen LogP contribution in [0.4, 0.5) is 5.82 Å². The number of hydrogen-bond donors (Lipinski definition) is 1. The lowest BCUT2D eigenvalue weighted by atomic mass is 9.94. The number of rotatable bonds is 3. The van der Waals surface area contributed by atoms with Crippen molar-refractivity contribution in [2.45, 2.75) is 18.4 Å². The van der Waals surface area contributed by atoms with Gasteiger partial charge in [-0.1, -0.05) is 0 Å². The molecule has 0 bridgehead atoms. The van der Waals surface area contributed by atoms with E-state index in [0.29, 0.717) is 44.0 Å². The first-order valence-corrected chi connectivity index (χ1v) is 6.00. The largest absolute Gasteiger partial charge is 0.388 e. The van der Waals surface area contributed by atoms with Gasteiger partial charge in [-0.25, -0.2) is 4.98 Å². The molecule has 0 amide bonds. The normalized spacial score (nSPS) is 18.1. The number of likely N-dealkylation sites (N-methyl/N-ethyl adjacent to an activating group) is 1. The fourth-order valence-corrected chi connectivity index (χ4v) is 2.13. The Morgan fingerprint density at radius 1 is 1.56 bits per heavy atom. The Hall–Kier alpha value is -1.64. The van der Waals surface area contributed by atoms with Crippen LogP contribution < -0.4 is 4.90 Å². The first kappa shape index (κ1) is 12.8. The van der Waals surface area contributed by atoms with Crippen LogP contribution in [0, 0.1) is 11.3 Å². The maximum Gasteiger partial charge on any atom is 0.129 e. The highest BCUT2D eigenvalue weighted by Gasteiger charge is 2.31. The lowest BCUT2D eigenvalue weighted by Crippen LogP contribution is -2.46. The zero-order valence-corrected chi connectivity index (χ0v) is 10.5. The second-order valence-corrected chi connectivity index (χ2v) is 4.71. The summed E-state index contributed by atoms with van der Waals surface area (Å²) in [5, 5.41) is 19.3. The number of aromatic nitrogens is 1. The van der Waals surface area contributed by atoms with Crippen LogP contribution in [0.5, 0.6) is 0 Å². The summed E-state index contributed by atoms with van der Waals surface area (Å²) in [5.74, 6) is 0.703. The van der Waals surface area contributed by atoms with Crippen molar-refractivity contribution in [3.63, 3.8) is 0 Å². The van der Waals surface area contributed by atoms with Gasteiger partial charge in [0.2, 0.25) is 0 Å². The monoisotopic (exact) mass is 247 g/mol. The van der Waals surface area contributed by atoms with Crippen LogP contribution in [0.2, 0.25) is 0 Å². The Labute approximate surface area is 107 Å². The highest BCUT2D eigenvalue weighted by molar-refractivity contribution is 5.44. The molecule has 1 aromatic rings. The Morgan fingerprint density at radius 3 is 2.94 bits per heavy atom. The van der Waals surface area contributed by atoms with Crippen LogP contribution in [-0.4, -0.2) is 42.5 Å². The maximum atomic E-state index is 10.4. The van der Waals surface area contributed by atoms with Crippen molar-refractivity contribution < 1.29 is 9.84 Å². The van der Waals surface area contributed by atoms with Crippen molar-refractivity contribution in [3.05, 3.63) is 23.9 Å². The molecule has 18 heavy (non-hydrogen) atoms.